The van der Waals surface area contributed by atoms with Crippen LogP contribution in [0.4, 0.5) is 4.79 Å². The van der Waals surface area contributed by atoms with E-state index in [0.717, 1.165) is 50.5 Å². The minimum Gasteiger partial charge on any atom is -0.444 e. The Morgan fingerprint density at radius 2 is 1.44 bits per heavy atom. The Morgan fingerprint density at radius 3 is 2.00 bits per heavy atom. The topological polar surface area (TPSA) is 87.7 Å². The predicted octanol–water partition coefficient (Wildman–Crippen LogP) is 7.73. The van der Waals surface area contributed by atoms with Gasteiger partial charge >= 0.3 is 6.09 Å². The molecule has 1 rings (SSSR count). The van der Waals surface area contributed by atoms with E-state index in [2.05, 4.69) is 31.4 Å². The van der Waals surface area contributed by atoms with Gasteiger partial charge in [-0.1, -0.05) is 110 Å². The Hall–Kier alpha value is -2.57. The third kappa shape index (κ3) is 13.8. The number of alkyl carbamates (subject to hydrolysis) is 1. The van der Waals surface area contributed by atoms with Crippen molar-refractivity contribution in [3.05, 3.63) is 35.4 Å². The molecule has 234 valence electrons. The van der Waals surface area contributed by atoms with Gasteiger partial charge in [0.05, 0.1) is 0 Å². The fourth-order valence-corrected chi connectivity index (χ4v) is 4.82. The van der Waals surface area contributed by atoms with Gasteiger partial charge in [-0.25, -0.2) is 4.79 Å². The van der Waals surface area contributed by atoms with Gasteiger partial charge in [0.15, 0.2) is 0 Å². The summed E-state index contributed by atoms with van der Waals surface area (Å²) in [6.45, 7) is 16.8. The molecule has 3 atom stereocenters. The number of carbonyl (C=O) groups excluding carboxylic acids is 3. The SMILES string of the molecule is CCCCCCCCN(C(=O)C(NC(=O)OC(C)(C)C)C(C)CC)C(C(=O)NCCCCC)c1ccc(CC)cc1. The quantitative estimate of drug-likeness (QED) is 0.166. The predicted molar refractivity (Wildman–Crippen MR) is 169 cm³/mol. The van der Waals surface area contributed by atoms with Crippen LogP contribution in [0, 0.1) is 5.92 Å². The molecule has 1 aromatic carbocycles. The van der Waals surface area contributed by atoms with Crippen LogP contribution in [0.5, 0.6) is 0 Å². The summed E-state index contributed by atoms with van der Waals surface area (Å²) in [5.74, 6) is -0.560. The third-order valence-corrected chi connectivity index (χ3v) is 7.53. The van der Waals surface area contributed by atoms with E-state index in [1.807, 2.05) is 38.1 Å². The number of nitrogens with zero attached hydrogens (tertiary/aromatic N) is 1. The molecule has 0 saturated heterocycles. The zero-order valence-corrected chi connectivity index (χ0v) is 27.3. The average molecular weight is 574 g/mol. The number of rotatable bonds is 19. The average Bonchev–Trinajstić information content (AvgIpc) is 2.93. The number of carbonyl (C=O) groups is 3. The van der Waals surface area contributed by atoms with E-state index >= 15 is 0 Å². The Morgan fingerprint density at radius 1 is 0.854 bits per heavy atom. The van der Waals surface area contributed by atoms with Crippen LogP contribution in [0.2, 0.25) is 0 Å². The second kappa shape index (κ2) is 19.5. The lowest BCUT2D eigenvalue weighted by molar-refractivity contribution is -0.143. The molecule has 2 N–H and O–H groups in total. The van der Waals surface area contributed by atoms with Crippen molar-refractivity contribution in [2.24, 2.45) is 5.92 Å². The molecule has 0 saturated carbocycles. The van der Waals surface area contributed by atoms with E-state index in [-0.39, 0.29) is 17.7 Å². The van der Waals surface area contributed by atoms with Crippen molar-refractivity contribution in [2.45, 2.75) is 144 Å². The van der Waals surface area contributed by atoms with E-state index in [1.54, 1.807) is 25.7 Å². The van der Waals surface area contributed by atoms with Gasteiger partial charge in [0.1, 0.15) is 17.7 Å². The summed E-state index contributed by atoms with van der Waals surface area (Å²) in [5.41, 5.74) is 1.27. The molecule has 0 fully saturated rings. The summed E-state index contributed by atoms with van der Waals surface area (Å²) < 4.78 is 5.52. The van der Waals surface area contributed by atoms with Crippen LogP contribution in [0.25, 0.3) is 0 Å². The number of benzene rings is 1. The maximum atomic E-state index is 14.4. The molecule has 0 heterocycles. The number of unbranched alkanes of at least 4 members (excludes halogenated alkanes) is 7. The minimum absolute atomic E-state index is 0.141. The van der Waals surface area contributed by atoms with Crippen molar-refractivity contribution >= 4 is 17.9 Å². The van der Waals surface area contributed by atoms with Crippen LogP contribution < -0.4 is 10.6 Å². The Balaban J connectivity index is 3.44. The molecule has 0 aromatic heterocycles. The summed E-state index contributed by atoms with van der Waals surface area (Å²) in [5, 5.41) is 5.97. The number of nitrogens with one attached hydrogen (secondary N) is 2. The van der Waals surface area contributed by atoms with Crippen LogP contribution in [0.15, 0.2) is 24.3 Å². The molecule has 3 amide bonds. The number of hydrogen-bond donors (Lipinski definition) is 2. The lowest BCUT2D eigenvalue weighted by Gasteiger charge is -2.36. The summed E-state index contributed by atoms with van der Waals surface area (Å²) in [4.78, 5) is 42.8. The van der Waals surface area contributed by atoms with Gasteiger partial charge in [0, 0.05) is 13.1 Å². The fourth-order valence-electron chi connectivity index (χ4n) is 4.82. The number of aryl methyl sites for hydroxylation is 1. The first-order valence-electron chi connectivity index (χ1n) is 16.1. The summed E-state index contributed by atoms with van der Waals surface area (Å²) in [6.07, 6.45) is 10.4. The van der Waals surface area contributed by atoms with Crippen LogP contribution in [-0.4, -0.2) is 47.5 Å². The van der Waals surface area contributed by atoms with Crippen molar-refractivity contribution < 1.29 is 19.1 Å². The summed E-state index contributed by atoms with van der Waals surface area (Å²) in [6, 6.07) is 6.42. The van der Waals surface area contributed by atoms with Crippen molar-refractivity contribution in [3.8, 4) is 0 Å². The molecule has 0 aliphatic heterocycles. The molecular weight excluding hydrogens is 514 g/mol. The molecule has 7 heteroatoms. The lowest BCUT2D eigenvalue weighted by Crippen LogP contribution is -2.55. The second-order valence-corrected chi connectivity index (χ2v) is 12.3. The van der Waals surface area contributed by atoms with E-state index < -0.39 is 23.8 Å². The number of hydrogen-bond acceptors (Lipinski definition) is 4. The number of amides is 3. The lowest BCUT2D eigenvalue weighted by atomic mass is 9.95. The monoisotopic (exact) mass is 573 g/mol. The minimum atomic E-state index is -0.805. The van der Waals surface area contributed by atoms with E-state index in [1.165, 1.54) is 24.8 Å². The van der Waals surface area contributed by atoms with Crippen molar-refractivity contribution in [1.82, 2.24) is 15.5 Å². The van der Waals surface area contributed by atoms with Gasteiger partial charge in [-0.3, -0.25) is 9.59 Å². The number of ether oxygens (including phenoxy) is 1. The highest BCUT2D eigenvalue weighted by atomic mass is 16.6. The van der Waals surface area contributed by atoms with Crippen molar-refractivity contribution in [2.75, 3.05) is 13.1 Å². The molecule has 0 aliphatic carbocycles. The third-order valence-electron chi connectivity index (χ3n) is 7.53. The van der Waals surface area contributed by atoms with Gasteiger partial charge < -0.3 is 20.3 Å². The van der Waals surface area contributed by atoms with E-state index in [0.29, 0.717) is 19.5 Å². The zero-order chi connectivity index (χ0) is 30.8. The van der Waals surface area contributed by atoms with Crippen LogP contribution in [0.1, 0.15) is 137 Å². The maximum Gasteiger partial charge on any atom is 0.408 e. The highest BCUT2D eigenvalue weighted by Gasteiger charge is 2.37. The highest BCUT2D eigenvalue weighted by molar-refractivity contribution is 5.92. The Bertz CT molecular complexity index is 894. The molecular formula is C34H59N3O4. The summed E-state index contributed by atoms with van der Waals surface area (Å²) >= 11 is 0. The molecule has 0 bridgehead atoms. The van der Waals surface area contributed by atoms with Gasteiger partial charge in [-0.2, -0.15) is 0 Å². The van der Waals surface area contributed by atoms with E-state index in [4.69, 9.17) is 4.74 Å². The fraction of sp³-hybridized carbons (Fsp3) is 0.735. The highest BCUT2D eigenvalue weighted by Crippen LogP contribution is 2.26. The zero-order valence-electron chi connectivity index (χ0n) is 27.3. The maximum absolute atomic E-state index is 14.4. The first-order valence-corrected chi connectivity index (χ1v) is 16.1. The standard InChI is InChI=1S/C34H59N3O4/c1-9-13-15-16-17-19-25-37(32(39)29(26(5)11-3)36-33(40)41-34(6,7)8)30(31(38)35-24-18-14-10-2)28-22-20-27(12-4)21-23-28/h20-23,26,29-30H,9-19,24-25H2,1-8H3,(H,35,38)(H,36,40). The normalized spacial score (nSPS) is 13.7. The molecule has 3 unspecified atom stereocenters. The Kier molecular flexibility index (Phi) is 17.4. The van der Waals surface area contributed by atoms with Crippen LogP contribution in [0.3, 0.4) is 0 Å². The van der Waals surface area contributed by atoms with Crippen LogP contribution >= 0.6 is 0 Å². The molecule has 41 heavy (non-hydrogen) atoms. The largest absolute Gasteiger partial charge is 0.444 e. The molecule has 1 aromatic rings. The first kappa shape index (κ1) is 36.5. The van der Waals surface area contributed by atoms with Gasteiger partial charge in [-0.05, 0) is 57.1 Å². The summed E-state index contributed by atoms with van der Waals surface area (Å²) in [7, 11) is 0. The van der Waals surface area contributed by atoms with Gasteiger partial charge in [0.2, 0.25) is 11.8 Å². The molecule has 0 spiro atoms. The van der Waals surface area contributed by atoms with E-state index in [9.17, 15) is 14.4 Å². The van der Waals surface area contributed by atoms with Crippen molar-refractivity contribution in [1.29, 1.82) is 0 Å². The molecule has 0 radical (unpaired) electrons. The molecule has 7 nitrogen and oxygen atoms in total. The van der Waals surface area contributed by atoms with Gasteiger partial charge in [-0.15, -0.1) is 0 Å². The van der Waals surface area contributed by atoms with Crippen molar-refractivity contribution in [3.63, 3.8) is 0 Å². The molecule has 0 aliphatic rings. The van der Waals surface area contributed by atoms with Gasteiger partial charge in [0.25, 0.3) is 0 Å². The second-order valence-electron chi connectivity index (χ2n) is 12.3. The smallest absolute Gasteiger partial charge is 0.408 e. The van der Waals surface area contributed by atoms with Crippen LogP contribution in [-0.2, 0) is 20.7 Å². The first-order chi connectivity index (χ1) is 19.5. The Labute approximate surface area is 250 Å².